The van der Waals surface area contributed by atoms with Crippen molar-refractivity contribution in [3.8, 4) is 16.9 Å². The first-order valence-corrected chi connectivity index (χ1v) is 12.1. The lowest BCUT2D eigenvalue weighted by molar-refractivity contribution is -0.120. The molecule has 0 bridgehead atoms. The molecule has 1 saturated heterocycles. The molecular formula is C26H21F3N6O2. The fourth-order valence-corrected chi connectivity index (χ4v) is 5.69. The van der Waals surface area contributed by atoms with E-state index >= 15 is 4.39 Å². The summed E-state index contributed by atoms with van der Waals surface area (Å²) in [6.45, 7) is -1.66. The van der Waals surface area contributed by atoms with Gasteiger partial charge in [-0.25, -0.2) is 19.3 Å². The number of fused-ring (bicyclic) bond motifs is 5. The monoisotopic (exact) mass is 506 g/mol. The van der Waals surface area contributed by atoms with Crippen LogP contribution < -0.4 is 15.0 Å². The molecule has 1 amide bonds. The molecule has 4 heterocycles. The number of rotatable bonds is 5. The number of hydrogen-bond acceptors (Lipinski definition) is 6. The number of amides is 1. The molecule has 0 radical (unpaired) electrons. The molecule has 0 spiro atoms. The zero-order valence-electron chi connectivity index (χ0n) is 19.4. The van der Waals surface area contributed by atoms with Gasteiger partial charge >= 0.3 is 6.61 Å². The van der Waals surface area contributed by atoms with Crippen LogP contribution >= 0.6 is 0 Å². The standard InChI is InChI=1S/C26H21F3N6O2/c27-18-9-19-20(8-15(18)13-10-31-26(32-11-13)34-6-5-30-22(36)12-34)35-23(16-7-17(16)24(35)33-19)14-3-1-2-4-21(14)37-25(28)29/h1-4,8-11,16-17,23,25H,5-7,12H2,(H,30,36)/t16-,17+,23-/m0/s1. The van der Waals surface area contributed by atoms with Crippen molar-refractivity contribution in [1.82, 2.24) is 24.8 Å². The summed E-state index contributed by atoms with van der Waals surface area (Å²) in [5, 5.41) is 2.76. The number of halogens is 3. The Morgan fingerprint density at radius 1 is 1.14 bits per heavy atom. The van der Waals surface area contributed by atoms with Gasteiger partial charge in [-0.05, 0) is 24.5 Å². The van der Waals surface area contributed by atoms with Gasteiger partial charge in [-0.1, -0.05) is 18.2 Å². The van der Waals surface area contributed by atoms with Gasteiger partial charge in [0.25, 0.3) is 0 Å². The lowest BCUT2D eigenvalue weighted by atomic mass is 10.0. The molecule has 7 rings (SSSR count). The van der Waals surface area contributed by atoms with Crippen molar-refractivity contribution in [2.24, 2.45) is 5.92 Å². The lowest BCUT2D eigenvalue weighted by Gasteiger charge is -2.26. The van der Waals surface area contributed by atoms with Gasteiger partial charge in [0.2, 0.25) is 11.9 Å². The van der Waals surface area contributed by atoms with Crippen LogP contribution in [0.4, 0.5) is 19.1 Å². The van der Waals surface area contributed by atoms with E-state index in [1.807, 2.05) is 4.57 Å². The maximum absolute atomic E-state index is 15.2. The predicted molar refractivity (Wildman–Crippen MR) is 128 cm³/mol. The van der Waals surface area contributed by atoms with Crippen LogP contribution in [0.3, 0.4) is 0 Å². The summed E-state index contributed by atoms with van der Waals surface area (Å²) in [6.07, 6.45) is 3.98. The summed E-state index contributed by atoms with van der Waals surface area (Å²) >= 11 is 0. The molecule has 3 aliphatic rings. The summed E-state index contributed by atoms with van der Waals surface area (Å²) in [5.41, 5.74) is 2.69. The van der Waals surface area contributed by atoms with E-state index in [1.54, 1.807) is 47.6 Å². The van der Waals surface area contributed by atoms with Crippen molar-refractivity contribution < 1.29 is 22.7 Å². The molecule has 0 unspecified atom stereocenters. The van der Waals surface area contributed by atoms with E-state index in [9.17, 15) is 13.6 Å². The van der Waals surface area contributed by atoms with Gasteiger partial charge in [-0.15, -0.1) is 0 Å². The zero-order valence-corrected chi connectivity index (χ0v) is 19.4. The van der Waals surface area contributed by atoms with Gasteiger partial charge < -0.3 is 19.5 Å². The Labute approximate surface area is 209 Å². The molecule has 1 aliphatic carbocycles. The Morgan fingerprint density at radius 2 is 1.95 bits per heavy atom. The first kappa shape index (κ1) is 22.1. The normalized spacial score (nSPS) is 22.2. The van der Waals surface area contributed by atoms with Crippen molar-refractivity contribution >= 4 is 22.9 Å². The van der Waals surface area contributed by atoms with Crippen molar-refractivity contribution in [2.75, 3.05) is 24.5 Å². The highest BCUT2D eigenvalue weighted by Gasteiger charge is 2.55. The number of imidazole rings is 1. The molecule has 8 nitrogen and oxygen atoms in total. The number of piperazine rings is 1. The maximum atomic E-state index is 15.2. The van der Waals surface area contributed by atoms with Crippen LogP contribution in [0.5, 0.6) is 5.75 Å². The highest BCUT2D eigenvalue weighted by atomic mass is 19.3. The second-order valence-corrected chi connectivity index (χ2v) is 9.57. The van der Waals surface area contributed by atoms with Gasteiger partial charge in [0.15, 0.2) is 0 Å². The lowest BCUT2D eigenvalue weighted by Crippen LogP contribution is -2.48. The van der Waals surface area contributed by atoms with Crippen LogP contribution in [0.1, 0.15) is 29.8 Å². The minimum absolute atomic E-state index is 0.0989. The number of alkyl halides is 2. The topological polar surface area (TPSA) is 85.2 Å². The number of para-hydroxylation sites is 1. The van der Waals surface area contributed by atoms with E-state index in [0.29, 0.717) is 46.8 Å². The van der Waals surface area contributed by atoms with Crippen molar-refractivity contribution in [3.63, 3.8) is 0 Å². The number of hydrogen-bond donors (Lipinski definition) is 1. The van der Waals surface area contributed by atoms with E-state index in [4.69, 9.17) is 9.72 Å². The van der Waals surface area contributed by atoms with Crippen LogP contribution in [0.25, 0.3) is 22.2 Å². The van der Waals surface area contributed by atoms with E-state index < -0.39 is 12.4 Å². The summed E-state index contributed by atoms with van der Waals surface area (Å²) in [7, 11) is 0. The Morgan fingerprint density at radius 3 is 2.73 bits per heavy atom. The third-order valence-electron chi connectivity index (χ3n) is 7.38. The first-order chi connectivity index (χ1) is 18.0. The van der Waals surface area contributed by atoms with Gasteiger partial charge in [0.05, 0.1) is 23.6 Å². The SMILES string of the molecule is O=C1CN(c2ncc(-c3cc4c(cc3F)nc3n4[C@@H](c4ccccc4OC(F)F)[C@H]4C[C@@H]34)cn2)CCN1. The number of nitrogens with zero attached hydrogens (tertiary/aromatic N) is 5. The Balaban J connectivity index is 1.29. The fraction of sp³-hybridized carbons (Fsp3) is 0.308. The number of carbonyl (C=O) groups excluding carboxylic acids is 1. The van der Waals surface area contributed by atoms with E-state index in [1.165, 1.54) is 6.07 Å². The Bertz CT molecular complexity index is 1540. The minimum atomic E-state index is -2.93. The van der Waals surface area contributed by atoms with Gasteiger partial charge in [-0.3, -0.25) is 4.79 Å². The van der Waals surface area contributed by atoms with E-state index in [-0.39, 0.29) is 36.1 Å². The van der Waals surface area contributed by atoms with Crippen LogP contribution in [0.15, 0.2) is 48.8 Å². The maximum Gasteiger partial charge on any atom is 0.387 e. The molecule has 2 fully saturated rings. The largest absolute Gasteiger partial charge is 0.434 e. The Kier molecular flexibility index (Phi) is 4.89. The molecule has 2 aromatic carbocycles. The Hall–Kier alpha value is -4.15. The molecule has 2 aliphatic heterocycles. The van der Waals surface area contributed by atoms with Crippen LogP contribution in [-0.2, 0) is 4.79 Å². The molecule has 3 atom stereocenters. The van der Waals surface area contributed by atoms with E-state index in [2.05, 4.69) is 15.3 Å². The smallest absolute Gasteiger partial charge is 0.387 e. The predicted octanol–water partition coefficient (Wildman–Crippen LogP) is 3.88. The number of aromatic nitrogens is 4. The number of benzene rings is 2. The number of anilines is 1. The van der Waals surface area contributed by atoms with Crippen LogP contribution in [-0.4, -0.2) is 51.7 Å². The molecule has 1 saturated carbocycles. The quantitative estimate of drug-likeness (QED) is 0.442. The second-order valence-electron chi connectivity index (χ2n) is 9.57. The number of carbonyl (C=O) groups is 1. The molecule has 188 valence electrons. The summed E-state index contributed by atoms with van der Waals surface area (Å²) in [5.74, 6) is 1.26. The molecule has 11 heteroatoms. The third kappa shape index (κ3) is 3.59. The molecule has 1 N–H and O–H groups in total. The van der Waals surface area contributed by atoms with Gasteiger partial charge in [0.1, 0.15) is 17.4 Å². The van der Waals surface area contributed by atoms with Crippen molar-refractivity contribution in [3.05, 3.63) is 66.0 Å². The first-order valence-electron chi connectivity index (χ1n) is 12.1. The second kappa shape index (κ2) is 8.19. The molecule has 4 aromatic rings. The molecule has 37 heavy (non-hydrogen) atoms. The van der Waals surface area contributed by atoms with Gasteiger partial charge in [-0.2, -0.15) is 8.78 Å². The van der Waals surface area contributed by atoms with Gasteiger partial charge in [0, 0.05) is 54.2 Å². The number of nitrogens with one attached hydrogen (secondary N) is 1. The highest BCUT2D eigenvalue weighted by molar-refractivity contribution is 5.84. The van der Waals surface area contributed by atoms with Crippen molar-refractivity contribution in [1.29, 1.82) is 0 Å². The van der Waals surface area contributed by atoms with Crippen molar-refractivity contribution in [2.45, 2.75) is 25.0 Å². The van der Waals surface area contributed by atoms with Crippen LogP contribution in [0.2, 0.25) is 0 Å². The van der Waals surface area contributed by atoms with E-state index in [0.717, 1.165) is 12.2 Å². The molecular weight excluding hydrogens is 485 g/mol. The number of ether oxygens (including phenoxy) is 1. The average molecular weight is 506 g/mol. The summed E-state index contributed by atoms with van der Waals surface area (Å²) in [4.78, 5) is 26.9. The minimum Gasteiger partial charge on any atom is -0.434 e. The van der Waals surface area contributed by atoms with Crippen LogP contribution in [0, 0.1) is 11.7 Å². The average Bonchev–Trinajstić information content (AvgIpc) is 3.49. The molecule has 2 aromatic heterocycles. The summed E-state index contributed by atoms with van der Waals surface area (Å²) in [6, 6.07) is 9.71. The summed E-state index contributed by atoms with van der Waals surface area (Å²) < 4.78 is 48.3. The third-order valence-corrected chi connectivity index (χ3v) is 7.38. The zero-order chi connectivity index (χ0) is 25.3. The highest BCUT2D eigenvalue weighted by Crippen LogP contribution is 2.63. The fourth-order valence-electron chi connectivity index (χ4n) is 5.69.